The molecule has 7 heteroatoms. The van der Waals surface area contributed by atoms with Gasteiger partial charge < -0.3 is 4.57 Å². The third kappa shape index (κ3) is 2.77. The van der Waals surface area contributed by atoms with Gasteiger partial charge in [-0.3, -0.25) is 9.89 Å². The molecular weight excluding hydrogens is 322 g/mol. The lowest BCUT2D eigenvalue weighted by Gasteiger charge is -2.02. The zero-order chi connectivity index (χ0) is 16.4. The van der Waals surface area contributed by atoms with Crippen LogP contribution in [0.4, 0.5) is 0 Å². The number of amides is 1. The Morgan fingerprint density at radius 3 is 2.96 bits per heavy atom. The van der Waals surface area contributed by atoms with E-state index < -0.39 is 0 Å². The summed E-state index contributed by atoms with van der Waals surface area (Å²) in [5.74, 6) is -0.352. The molecule has 0 spiro atoms. The molecule has 1 amide bonds. The van der Waals surface area contributed by atoms with Gasteiger partial charge in [-0.1, -0.05) is 30.3 Å². The van der Waals surface area contributed by atoms with E-state index in [1.807, 2.05) is 46.5 Å². The summed E-state index contributed by atoms with van der Waals surface area (Å²) in [6, 6.07) is 13.6. The average Bonchev–Trinajstić information content (AvgIpc) is 3.23. The second-order valence-electron chi connectivity index (χ2n) is 5.19. The van der Waals surface area contributed by atoms with Crippen molar-refractivity contribution in [1.29, 1.82) is 0 Å². The quantitative estimate of drug-likeness (QED) is 0.625. The minimum Gasteiger partial charge on any atom is -0.319 e. The number of rotatable bonds is 3. The van der Waals surface area contributed by atoms with Gasteiger partial charge in [0.25, 0.3) is 5.91 Å². The van der Waals surface area contributed by atoms with Crippen LogP contribution >= 0.6 is 11.3 Å². The lowest BCUT2D eigenvalue weighted by Crippen LogP contribution is -2.17. The first-order chi connectivity index (χ1) is 11.8. The van der Waals surface area contributed by atoms with Crippen molar-refractivity contribution in [2.45, 2.75) is 6.54 Å². The van der Waals surface area contributed by atoms with Crippen molar-refractivity contribution in [2.24, 2.45) is 4.99 Å². The summed E-state index contributed by atoms with van der Waals surface area (Å²) in [7, 11) is 0. The summed E-state index contributed by atoms with van der Waals surface area (Å²) >= 11 is 1.43. The molecule has 0 unspecified atom stereocenters. The molecule has 0 aliphatic heterocycles. The number of nitrogens with zero attached hydrogens (tertiary/aromatic N) is 4. The topological polar surface area (TPSA) is 75.9 Å². The fourth-order valence-electron chi connectivity index (χ4n) is 2.44. The van der Waals surface area contributed by atoms with Crippen molar-refractivity contribution in [1.82, 2.24) is 19.7 Å². The monoisotopic (exact) mass is 335 g/mol. The molecule has 3 aromatic heterocycles. The summed E-state index contributed by atoms with van der Waals surface area (Å²) in [4.78, 5) is 21.5. The van der Waals surface area contributed by atoms with Gasteiger partial charge in [0, 0.05) is 24.3 Å². The van der Waals surface area contributed by atoms with Crippen LogP contribution in [0.2, 0.25) is 0 Å². The number of benzene rings is 1. The number of thiazole rings is 1. The van der Waals surface area contributed by atoms with Crippen LogP contribution in [-0.2, 0) is 6.54 Å². The fraction of sp³-hybridized carbons (Fsp3) is 0.0588. The molecule has 0 saturated heterocycles. The highest BCUT2D eigenvalue weighted by Crippen LogP contribution is 2.13. The number of fused-ring (bicyclic) bond motifs is 1. The average molecular weight is 335 g/mol. The first-order valence-corrected chi connectivity index (χ1v) is 8.25. The molecule has 4 aromatic rings. The molecule has 3 heterocycles. The number of hydrogen-bond acceptors (Lipinski definition) is 4. The van der Waals surface area contributed by atoms with Crippen LogP contribution in [0, 0.1) is 0 Å². The molecule has 1 N–H and O–H groups in total. The highest BCUT2D eigenvalue weighted by molar-refractivity contribution is 7.07. The zero-order valence-electron chi connectivity index (χ0n) is 12.6. The van der Waals surface area contributed by atoms with Gasteiger partial charge in [0.15, 0.2) is 10.4 Å². The number of aromatic nitrogens is 4. The first kappa shape index (κ1) is 14.5. The Balaban J connectivity index is 1.69. The van der Waals surface area contributed by atoms with Crippen LogP contribution in [0.5, 0.6) is 0 Å². The van der Waals surface area contributed by atoms with Crippen molar-refractivity contribution >= 4 is 28.3 Å². The van der Waals surface area contributed by atoms with E-state index in [1.165, 1.54) is 11.3 Å². The van der Waals surface area contributed by atoms with Crippen molar-refractivity contribution in [3.05, 3.63) is 76.3 Å². The maximum absolute atomic E-state index is 12.5. The number of aromatic amines is 1. The van der Waals surface area contributed by atoms with Gasteiger partial charge >= 0.3 is 0 Å². The fourth-order valence-corrected chi connectivity index (χ4v) is 3.17. The molecule has 118 valence electrons. The van der Waals surface area contributed by atoms with Gasteiger partial charge in [0.2, 0.25) is 0 Å². The van der Waals surface area contributed by atoms with Gasteiger partial charge in [-0.05, 0) is 17.7 Å². The highest BCUT2D eigenvalue weighted by Gasteiger charge is 2.13. The lowest BCUT2D eigenvalue weighted by molar-refractivity contribution is 0.0994. The SMILES string of the molecule is O=C(N=c1sccn1Cc1ccccc1)c1[nH]nc2ncccc12. The Morgan fingerprint density at radius 1 is 1.21 bits per heavy atom. The number of nitrogens with one attached hydrogen (secondary N) is 1. The van der Waals surface area contributed by atoms with Gasteiger partial charge in [-0.25, -0.2) is 4.98 Å². The summed E-state index contributed by atoms with van der Waals surface area (Å²) in [6.07, 6.45) is 3.57. The minimum absolute atomic E-state index is 0.352. The molecule has 6 nitrogen and oxygen atoms in total. The van der Waals surface area contributed by atoms with Crippen LogP contribution in [0.3, 0.4) is 0 Å². The minimum atomic E-state index is -0.352. The largest absolute Gasteiger partial charge is 0.319 e. The molecule has 0 fully saturated rings. The normalized spacial score (nSPS) is 11.9. The lowest BCUT2D eigenvalue weighted by atomic mass is 10.2. The Kier molecular flexibility index (Phi) is 3.76. The van der Waals surface area contributed by atoms with Crippen LogP contribution in [0.15, 0.2) is 65.2 Å². The Bertz CT molecular complexity index is 1060. The van der Waals surface area contributed by atoms with Gasteiger partial charge in [0.05, 0.1) is 5.39 Å². The van der Waals surface area contributed by atoms with Crippen molar-refractivity contribution in [2.75, 3.05) is 0 Å². The van der Waals surface area contributed by atoms with Crippen molar-refractivity contribution < 1.29 is 4.79 Å². The second-order valence-corrected chi connectivity index (χ2v) is 6.06. The van der Waals surface area contributed by atoms with E-state index in [2.05, 4.69) is 20.2 Å². The Morgan fingerprint density at radius 2 is 2.08 bits per heavy atom. The number of carbonyl (C=O) groups is 1. The van der Waals surface area contributed by atoms with E-state index in [0.717, 1.165) is 5.56 Å². The van der Waals surface area contributed by atoms with Gasteiger partial charge in [-0.2, -0.15) is 10.1 Å². The van der Waals surface area contributed by atoms with Crippen LogP contribution < -0.4 is 4.80 Å². The van der Waals surface area contributed by atoms with E-state index in [4.69, 9.17) is 0 Å². The Hall–Kier alpha value is -3.06. The van der Waals surface area contributed by atoms with E-state index in [-0.39, 0.29) is 5.91 Å². The molecule has 4 rings (SSSR count). The summed E-state index contributed by atoms with van der Waals surface area (Å²) in [5.41, 5.74) is 2.03. The van der Waals surface area contributed by atoms with Crippen LogP contribution in [-0.4, -0.2) is 25.7 Å². The summed E-state index contributed by atoms with van der Waals surface area (Å²) in [5, 5.41) is 9.37. The van der Waals surface area contributed by atoms with E-state index >= 15 is 0 Å². The third-order valence-electron chi connectivity index (χ3n) is 3.60. The summed E-state index contributed by atoms with van der Waals surface area (Å²) < 4.78 is 1.95. The molecule has 0 radical (unpaired) electrons. The maximum Gasteiger partial charge on any atom is 0.298 e. The molecular formula is C17H13N5OS. The Labute approximate surface area is 141 Å². The van der Waals surface area contributed by atoms with Gasteiger partial charge in [0.1, 0.15) is 5.69 Å². The zero-order valence-corrected chi connectivity index (χ0v) is 13.4. The standard InChI is InChI=1S/C17H13N5OS/c23-16(14-13-7-4-8-18-15(13)21-20-14)19-17-22(9-10-24-17)11-12-5-2-1-3-6-12/h1-10H,11H2,(H,18,20,21). The highest BCUT2D eigenvalue weighted by atomic mass is 32.1. The first-order valence-electron chi connectivity index (χ1n) is 7.37. The predicted molar refractivity (Wildman–Crippen MR) is 91.6 cm³/mol. The molecule has 1 aromatic carbocycles. The van der Waals surface area contributed by atoms with Crippen molar-refractivity contribution in [3.63, 3.8) is 0 Å². The van der Waals surface area contributed by atoms with E-state index in [9.17, 15) is 4.79 Å². The number of pyridine rings is 1. The smallest absolute Gasteiger partial charge is 0.298 e. The molecule has 0 aliphatic carbocycles. The molecule has 0 bridgehead atoms. The van der Waals surface area contributed by atoms with Crippen LogP contribution in [0.25, 0.3) is 11.0 Å². The summed E-state index contributed by atoms with van der Waals surface area (Å²) in [6.45, 7) is 0.668. The number of H-pyrrole nitrogens is 1. The van der Waals surface area contributed by atoms with E-state index in [0.29, 0.717) is 28.1 Å². The van der Waals surface area contributed by atoms with E-state index in [1.54, 1.807) is 18.3 Å². The van der Waals surface area contributed by atoms with Gasteiger partial charge in [-0.15, -0.1) is 11.3 Å². The molecule has 24 heavy (non-hydrogen) atoms. The molecule has 0 atom stereocenters. The molecule has 0 saturated carbocycles. The third-order valence-corrected chi connectivity index (χ3v) is 4.39. The maximum atomic E-state index is 12.5. The second kappa shape index (κ2) is 6.21. The predicted octanol–water partition coefficient (Wildman–Crippen LogP) is 2.61. The van der Waals surface area contributed by atoms with Crippen LogP contribution in [0.1, 0.15) is 16.1 Å². The molecule has 0 aliphatic rings. The number of hydrogen-bond donors (Lipinski definition) is 1. The number of carbonyl (C=O) groups excluding carboxylic acids is 1. The van der Waals surface area contributed by atoms with Crippen molar-refractivity contribution in [3.8, 4) is 0 Å².